The van der Waals surface area contributed by atoms with E-state index in [0.717, 1.165) is 5.52 Å². The quantitative estimate of drug-likeness (QED) is 0.736. The third-order valence-electron chi connectivity index (χ3n) is 2.69. The van der Waals surface area contributed by atoms with E-state index in [-0.39, 0.29) is 11.0 Å². The first kappa shape index (κ1) is 12.4. The molecule has 0 amide bonds. The van der Waals surface area contributed by atoms with Crippen molar-refractivity contribution in [1.82, 2.24) is 14.5 Å². The summed E-state index contributed by atoms with van der Waals surface area (Å²) in [5.74, 6) is -0.164. The molecule has 0 atom stereocenters. The van der Waals surface area contributed by atoms with Gasteiger partial charge in [-0.25, -0.2) is 9.37 Å². The van der Waals surface area contributed by atoms with Crippen LogP contribution in [0.1, 0.15) is 0 Å². The third kappa shape index (κ3) is 1.97. The minimum atomic E-state index is -0.426. The summed E-state index contributed by atoms with van der Waals surface area (Å²) in [5, 5.41) is 0.245. The maximum atomic E-state index is 13.3. The number of fused-ring (bicyclic) bond motifs is 1. The van der Waals surface area contributed by atoms with Crippen LogP contribution in [0.4, 0.5) is 10.3 Å². The highest BCUT2D eigenvalue weighted by molar-refractivity contribution is 9.10. The molecule has 0 aliphatic carbocycles. The minimum Gasteiger partial charge on any atom is -0.369 e. The monoisotopic (exact) mass is 340 g/mol. The van der Waals surface area contributed by atoms with Crippen LogP contribution in [-0.4, -0.2) is 14.5 Å². The lowest BCUT2D eigenvalue weighted by Gasteiger charge is -2.11. The summed E-state index contributed by atoms with van der Waals surface area (Å²) >= 11 is 9.40. The fourth-order valence-corrected chi connectivity index (χ4v) is 2.95. The highest BCUT2D eigenvalue weighted by Gasteiger charge is 2.16. The number of nitrogen functional groups attached to an aromatic ring is 1. The van der Waals surface area contributed by atoms with Crippen molar-refractivity contribution >= 4 is 44.5 Å². The summed E-state index contributed by atoms with van der Waals surface area (Å²) in [4.78, 5) is 8.18. The van der Waals surface area contributed by atoms with Crippen LogP contribution in [0.5, 0.6) is 0 Å². The zero-order valence-corrected chi connectivity index (χ0v) is 11.8. The van der Waals surface area contributed by atoms with Gasteiger partial charge in [-0.15, -0.1) is 0 Å². The molecule has 0 saturated heterocycles. The first-order chi connectivity index (χ1) is 9.08. The molecule has 1 aromatic carbocycles. The average molecular weight is 342 g/mol. The van der Waals surface area contributed by atoms with E-state index < -0.39 is 5.82 Å². The lowest BCUT2D eigenvalue weighted by Crippen LogP contribution is -2.02. The number of imidazole rings is 1. The van der Waals surface area contributed by atoms with Crippen LogP contribution >= 0.6 is 27.5 Å². The van der Waals surface area contributed by atoms with Crippen LogP contribution in [0.3, 0.4) is 0 Å². The molecule has 19 heavy (non-hydrogen) atoms. The van der Waals surface area contributed by atoms with Crippen molar-refractivity contribution in [1.29, 1.82) is 0 Å². The minimum absolute atomic E-state index is 0.245. The summed E-state index contributed by atoms with van der Waals surface area (Å²) in [5.41, 5.74) is 7.86. The zero-order valence-electron chi connectivity index (χ0n) is 9.44. The van der Waals surface area contributed by atoms with E-state index in [1.54, 1.807) is 23.0 Å². The smallest absolute Gasteiger partial charge is 0.206 e. The molecule has 0 unspecified atom stereocenters. The van der Waals surface area contributed by atoms with Gasteiger partial charge in [-0.05, 0) is 34.1 Å². The first-order valence-corrected chi connectivity index (χ1v) is 6.48. The molecule has 0 aliphatic rings. The van der Waals surface area contributed by atoms with Crippen molar-refractivity contribution in [2.75, 3.05) is 5.73 Å². The average Bonchev–Trinajstić information content (AvgIpc) is 2.65. The van der Waals surface area contributed by atoms with Crippen molar-refractivity contribution in [3.8, 4) is 5.69 Å². The Kier molecular flexibility index (Phi) is 2.91. The van der Waals surface area contributed by atoms with E-state index in [4.69, 9.17) is 17.3 Å². The van der Waals surface area contributed by atoms with Gasteiger partial charge in [-0.2, -0.15) is 0 Å². The Hall–Kier alpha value is -1.66. The molecule has 2 heterocycles. The standard InChI is InChI=1S/C12H7BrClFN4/c13-7-3-6(15)4-8(14)11(7)19-10-1-2-17-5-9(10)18-12(19)16/h1-5H,(H2,16,18). The lowest BCUT2D eigenvalue weighted by molar-refractivity contribution is 0.626. The van der Waals surface area contributed by atoms with Crippen LogP contribution in [0.2, 0.25) is 5.02 Å². The molecule has 3 rings (SSSR count). The lowest BCUT2D eigenvalue weighted by atomic mass is 10.3. The number of nitrogens with two attached hydrogens (primary N) is 1. The summed E-state index contributed by atoms with van der Waals surface area (Å²) in [6.45, 7) is 0. The molecule has 2 aromatic heterocycles. The van der Waals surface area contributed by atoms with Gasteiger partial charge in [0.1, 0.15) is 11.3 Å². The van der Waals surface area contributed by atoms with Gasteiger partial charge in [-0.3, -0.25) is 9.55 Å². The molecule has 0 saturated carbocycles. The normalized spacial score (nSPS) is 11.1. The Morgan fingerprint density at radius 3 is 2.89 bits per heavy atom. The van der Waals surface area contributed by atoms with Crippen molar-refractivity contribution in [2.45, 2.75) is 0 Å². The topological polar surface area (TPSA) is 56.7 Å². The molecular weight excluding hydrogens is 335 g/mol. The Morgan fingerprint density at radius 1 is 1.37 bits per heavy atom. The predicted molar refractivity (Wildman–Crippen MR) is 75.9 cm³/mol. The SMILES string of the molecule is Nc1nc2cnccc2n1-c1c(Cl)cc(F)cc1Br. The second kappa shape index (κ2) is 4.47. The maximum Gasteiger partial charge on any atom is 0.206 e. The molecule has 0 bridgehead atoms. The van der Waals surface area contributed by atoms with E-state index in [0.29, 0.717) is 15.7 Å². The summed E-state index contributed by atoms with van der Waals surface area (Å²) in [6, 6.07) is 4.33. The highest BCUT2D eigenvalue weighted by Crippen LogP contribution is 2.34. The molecule has 4 nitrogen and oxygen atoms in total. The molecule has 3 aromatic rings. The van der Waals surface area contributed by atoms with Gasteiger partial charge in [0.05, 0.1) is 22.4 Å². The van der Waals surface area contributed by atoms with E-state index in [1.807, 2.05) is 0 Å². The van der Waals surface area contributed by atoms with Crippen LogP contribution < -0.4 is 5.73 Å². The molecule has 0 fully saturated rings. The Bertz CT molecular complexity index is 763. The van der Waals surface area contributed by atoms with Gasteiger partial charge >= 0.3 is 0 Å². The number of rotatable bonds is 1. The summed E-state index contributed by atoms with van der Waals surface area (Å²) in [6.07, 6.45) is 3.23. The van der Waals surface area contributed by atoms with Gasteiger partial charge in [0.2, 0.25) is 5.95 Å². The number of nitrogens with zero attached hydrogens (tertiary/aromatic N) is 3. The van der Waals surface area contributed by atoms with Crippen LogP contribution in [0, 0.1) is 5.82 Å². The Morgan fingerprint density at radius 2 is 2.16 bits per heavy atom. The molecular formula is C12H7BrClFN4. The Labute approximate surface area is 121 Å². The zero-order chi connectivity index (χ0) is 13.6. The summed E-state index contributed by atoms with van der Waals surface area (Å²) in [7, 11) is 0. The number of anilines is 1. The van der Waals surface area contributed by atoms with Gasteiger partial charge in [-0.1, -0.05) is 11.6 Å². The van der Waals surface area contributed by atoms with Gasteiger partial charge in [0.15, 0.2) is 0 Å². The van der Waals surface area contributed by atoms with Crippen molar-refractivity contribution in [3.05, 3.63) is 45.9 Å². The number of aromatic nitrogens is 3. The summed E-state index contributed by atoms with van der Waals surface area (Å²) < 4.78 is 15.4. The maximum absolute atomic E-state index is 13.3. The van der Waals surface area contributed by atoms with E-state index in [2.05, 4.69) is 25.9 Å². The number of hydrogen-bond donors (Lipinski definition) is 1. The predicted octanol–water partition coefficient (Wildman–Crippen LogP) is 3.56. The van der Waals surface area contributed by atoms with Crippen LogP contribution in [0.15, 0.2) is 35.1 Å². The second-order valence-corrected chi connectivity index (χ2v) is 5.15. The van der Waals surface area contributed by atoms with E-state index in [9.17, 15) is 4.39 Å². The Balaban J connectivity index is 2.40. The third-order valence-corrected chi connectivity index (χ3v) is 3.58. The van der Waals surface area contributed by atoms with E-state index >= 15 is 0 Å². The van der Waals surface area contributed by atoms with Gasteiger partial charge < -0.3 is 5.73 Å². The fourth-order valence-electron chi connectivity index (χ4n) is 1.93. The van der Waals surface area contributed by atoms with Crippen molar-refractivity contribution in [3.63, 3.8) is 0 Å². The molecule has 0 aliphatic heterocycles. The van der Waals surface area contributed by atoms with Crippen molar-refractivity contribution < 1.29 is 4.39 Å². The molecule has 0 spiro atoms. The first-order valence-electron chi connectivity index (χ1n) is 5.31. The number of benzene rings is 1. The van der Waals surface area contributed by atoms with Crippen LogP contribution in [-0.2, 0) is 0 Å². The van der Waals surface area contributed by atoms with E-state index in [1.165, 1.54) is 12.1 Å². The molecule has 2 N–H and O–H groups in total. The van der Waals surface area contributed by atoms with Gasteiger partial charge in [0.25, 0.3) is 0 Å². The van der Waals surface area contributed by atoms with Gasteiger partial charge in [0, 0.05) is 10.7 Å². The number of pyridine rings is 1. The second-order valence-electron chi connectivity index (χ2n) is 3.89. The number of hydrogen-bond acceptors (Lipinski definition) is 3. The fraction of sp³-hybridized carbons (Fsp3) is 0. The number of halogens is 3. The molecule has 7 heteroatoms. The van der Waals surface area contributed by atoms with Crippen molar-refractivity contribution in [2.24, 2.45) is 0 Å². The highest BCUT2D eigenvalue weighted by atomic mass is 79.9. The molecule has 96 valence electrons. The van der Waals surface area contributed by atoms with Crippen LogP contribution in [0.25, 0.3) is 16.7 Å². The largest absolute Gasteiger partial charge is 0.369 e. The molecule has 0 radical (unpaired) electrons.